The number of aliphatic hydroxyl groups is 1. The first-order valence-corrected chi connectivity index (χ1v) is 5.25. The van der Waals surface area contributed by atoms with Crippen LogP contribution in [0.1, 0.15) is 33.6 Å². The van der Waals surface area contributed by atoms with Crippen molar-refractivity contribution < 1.29 is 9.84 Å². The van der Waals surface area contributed by atoms with Gasteiger partial charge in [0.2, 0.25) is 0 Å². The zero-order valence-electron chi connectivity index (χ0n) is 9.92. The molecule has 0 saturated carbocycles. The summed E-state index contributed by atoms with van der Waals surface area (Å²) in [6, 6.07) is 0. The van der Waals surface area contributed by atoms with Crippen LogP contribution in [0.15, 0.2) is 12.7 Å². The Labute approximate surface area is 88.0 Å². The molecule has 0 radical (unpaired) electrons. The van der Waals surface area contributed by atoms with Crippen LogP contribution in [0.4, 0.5) is 0 Å². The molecule has 84 valence electrons. The van der Waals surface area contributed by atoms with Crippen molar-refractivity contribution in [3.63, 3.8) is 0 Å². The first-order chi connectivity index (χ1) is 6.43. The largest absolute Gasteiger partial charge is 0.390 e. The smallest absolute Gasteiger partial charge is 0.0656 e. The third kappa shape index (κ3) is 5.40. The summed E-state index contributed by atoms with van der Waals surface area (Å²) in [6.45, 7) is 10.6. The summed E-state index contributed by atoms with van der Waals surface area (Å²) in [4.78, 5) is 0. The normalized spacial score (nSPS) is 19.8. The Balaban J connectivity index is 4.02. The van der Waals surface area contributed by atoms with Gasteiger partial charge in [-0.2, -0.15) is 0 Å². The molecule has 0 bridgehead atoms. The van der Waals surface area contributed by atoms with Crippen molar-refractivity contribution in [3.05, 3.63) is 12.7 Å². The fraction of sp³-hybridized carbons (Fsp3) is 0.833. The van der Waals surface area contributed by atoms with E-state index in [2.05, 4.69) is 20.4 Å². The van der Waals surface area contributed by atoms with Crippen LogP contribution in [0.25, 0.3) is 0 Å². The molecule has 2 heteroatoms. The molecule has 0 aromatic heterocycles. The second-order valence-corrected chi connectivity index (χ2v) is 4.60. The second-order valence-electron chi connectivity index (χ2n) is 4.60. The molecular weight excluding hydrogens is 176 g/mol. The molecule has 0 aliphatic carbocycles. The second kappa shape index (κ2) is 6.20. The Kier molecular flexibility index (Phi) is 6.05. The van der Waals surface area contributed by atoms with Crippen LogP contribution in [0.2, 0.25) is 0 Å². The van der Waals surface area contributed by atoms with Gasteiger partial charge in [0.15, 0.2) is 0 Å². The van der Waals surface area contributed by atoms with E-state index in [1.807, 2.05) is 6.92 Å². The molecular formula is C12H24O2. The van der Waals surface area contributed by atoms with E-state index in [0.29, 0.717) is 18.3 Å². The highest BCUT2D eigenvalue weighted by atomic mass is 16.5. The lowest BCUT2D eigenvalue weighted by atomic mass is 9.84. The first-order valence-electron chi connectivity index (χ1n) is 5.25. The van der Waals surface area contributed by atoms with E-state index < -0.39 is 5.60 Å². The highest BCUT2D eigenvalue weighted by Gasteiger charge is 2.24. The van der Waals surface area contributed by atoms with Crippen molar-refractivity contribution in [1.82, 2.24) is 0 Å². The van der Waals surface area contributed by atoms with Gasteiger partial charge in [0.1, 0.15) is 0 Å². The molecule has 0 spiro atoms. The van der Waals surface area contributed by atoms with Gasteiger partial charge in [-0.05, 0) is 31.6 Å². The molecule has 0 heterocycles. The van der Waals surface area contributed by atoms with Crippen molar-refractivity contribution in [2.24, 2.45) is 11.8 Å². The maximum atomic E-state index is 9.99. The summed E-state index contributed by atoms with van der Waals surface area (Å²) in [7, 11) is 1.71. The quantitative estimate of drug-likeness (QED) is 0.640. The van der Waals surface area contributed by atoms with E-state index in [9.17, 15) is 5.11 Å². The van der Waals surface area contributed by atoms with E-state index in [4.69, 9.17) is 4.74 Å². The number of hydrogen-bond donors (Lipinski definition) is 1. The van der Waals surface area contributed by atoms with Crippen molar-refractivity contribution in [3.8, 4) is 0 Å². The van der Waals surface area contributed by atoms with Crippen molar-refractivity contribution in [1.29, 1.82) is 0 Å². The van der Waals surface area contributed by atoms with Crippen LogP contribution in [0.3, 0.4) is 0 Å². The van der Waals surface area contributed by atoms with Crippen LogP contribution >= 0.6 is 0 Å². The van der Waals surface area contributed by atoms with Gasteiger partial charge in [-0.15, -0.1) is 6.58 Å². The highest BCUT2D eigenvalue weighted by molar-refractivity contribution is 4.84. The van der Waals surface area contributed by atoms with E-state index in [-0.39, 0.29) is 0 Å². The first kappa shape index (κ1) is 13.7. The molecule has 0 rings (SSSR count). The topological polar surface area (TPSA) is 29.5 Å². The summed E-state index contributed by atoms with van der Waals surface area (Å²) in [5, 5.41) is 9.99. The minimum atomic E-state index is -0.622. The van der Waals surface area contributed by atoms with Crippen molar-refractivity contribution in [2.75, 3.05) is 13.7 Å². The molecule has 0 fully saturated rings. The monoisotopic (exact) mass is 200 g/mol. The lowest BCUT2D eigenvalue weighted by Gasteiger charge is -2.28. The zero-order chi connectivity index (χ0) is 11.2. The molecule has 0 aromatic carbocycles. The molecule has 0 aliphatic rings. The number of ether oxygens (including phenoxy) is 1. The predicted octanol–water partition coefficient (Wildman–Crippen LogP) is 2.62. The SMILES string of the molecule is C=CC[C@](C)(O)C[C@@H](C)[C@H](C)COC. The Hall–Kier alpha value is -0.340. The van der Waals surface area contributed by atoms with Gasteiger partial charge in [0, 0.05) is 13.7 Å². The summed E-state index contributed by atoms with van der Waals surface area (Å²) in [5.41, 5.74) is -0.622. The van der Waals surface area contributed by atoms with E-state index >= 15 is 0 Å². The summed E-state index contributed by atoms with van der Waals surface area (Å²) in [6.07, 6.45) is 3.22. The van der Waals surface area contributed by atoms with E-state index in [1.165, 1.54) is 0 Å². The summed E-state index contributed by atoms with van der Waals surface area (Å²) in [5.74, 6) is 0.946. The molecule has 2 nitrogen and oxygen atoms in total. The average molecular weight is 200 g/mol. The Morgan fingerprint density at radius 3 is 2.43 bits per heavy atom. The Morgan fingerprint density at radius 1 is 1.43 bits per heavy atom. The van der Waals surface area contributed by atoms with Gasteiger partial charge in [-0.25, -0.2) is 0 Å². The molecule has 0 aliphatic heterocycles. The number of methoxy groups -OCH3 is 1. The summed E-state index contributed by atoms with van der Waals surface area (Å²) < 4.78 is 5.10. The van der Waals surface area contributed by atoms with Crippen LogP contribution in [0.5, 0.6) is 0 Å². The van der Waals surface area contributed by atoms with Crippen molar-refractivity contribution >= 4 is 0 Å². The van der Waals surface area contributed by atoms with Gasteiger partial charge in [0.05, 0.1) is 5.60 Å². The van der Waals surface area contributed by atoms with Crippen LogP contribution in [-0.4, -0.2) is 24.4 Å². The van der Waals surface area contributed by atoms with E-state index in [1.54, 1.807) is 13.2 Å². The third-order valence-corrected chi connectivity index (χ3v) is 2.75. The number of hydrogen-bond acceptors (Lipinski definition) is 2. The predicted molar refractivity (Wildman–Crippen MR) is 60.3 cm³/mol. The minimum Gasteiger partial charge on any atom is -0.390 e. The summed E-state index contributed by atoms with van der Waals surface area (Å²) >= 11 is 0. The van der Waals surface area contributed by atoms with Gasteiger partial charge in [-0.3, -0.25) is 0 Å². The zero-order valence-corrected chi connectivity index (χ0v) is 9.92. The third-order valence-electron chi connectivity index (χ3n) is 2.75. The molecule has 0 amide bonds. The lowest BCUT2D eigenvalue weighted by Crippen LogP contribution is -2.29. The fourth-order valence-electron chi connectivity index (χ4n) is 1.72. The van der Waals surface area contributed by atoms with Crippen LogP contribution in [-0.2, 0) is 4.74 Å². The minimum absolute atomic E-state index is 0.463. The van der Waals surface area contributed by atoms with Crippen molar-refractivity contribution in [2.45, 2.75) is 39.2 Å². The van der Waals surface area contributed by atoms with E-state index in [0.717, 1.165) is 13.0 Å². The molecule has 0 saturated heterocycles. The maximum absolute atomic E-state index is 9.99. The molecule has 14 heavy (non-hydrogen) atoms. The Morgan fingerprint density at radius 2 is 2.00 bits per heavy atom. The molecule has 3 atom stereocenters. The lowest BCUT2D eigenvalue weighted by molar-refractivity contribution is 0.0218. The average Bonchev–Trinajstić information content (AvgIpc) is 2.03. The highest BCUT2D eigenvalue weighted by Crippen LogP contribution is 2.25. The van der Waals surface area contributed by atoms with Gasteiger partial charge < -0.3 is 9.84 Å². The molecule has 0 aromatic rings. The van der Waals surface area contributed by atoms with Crippen LogP contribution in [0, 0.1) is 11.8 Å². The van der Waals surface area contributed by atoms with Crippen LogP contribution < -0.4 is 0 Å². The van der Waals surface area contributed by atoms with Gasteiger partial charge >= 0.3 is 0 Å². The number of rotatable bonds is 7. The standard InChI is InChI=1S/C12H24O2/c1-6-7-12(4,13)8-10(2)11(3)9-14-5/h6,10-11,13H,1,7-9H2,2-5H3/t10-,11-,12+/m1/s1. The molecule has 0 unspecified atom stereocenters. The molecule has 1 N–H and O–H groups in total. The van der Waals surface area contributed by atoms with Gasteiger partial charge in [0.25, 0.3) is 0 Å². The fourth-order valence-corrected chi connectivity index (χ4v) is 1.72. The maximum Gasteiger partial charge on any atom is 0.0656 e. The Bertz CT molecular complexity index is 164. The van der Waals surface area contributed by atoms with Gasteiger partial charge in [-0.1, -0.05) is 19.9 Å².